The summed E-state index contributed by atoms with van der Waals surface area (Å²) in [4.78, 5) is 27.3. The minimum atomic E-state index is -4.31. The molecule has 27 heavy (non-hydrogen) atoms. The molecule has 0 unspecified atom stereocenters. The molecular weight excluding hydrogens is 376 g/mol. The summed E-state index contributed by atoms with van der Waals surface area (Å²) in [7, 11) is 0. The van der Waals surface area contributed by atoms with E-state index in [4.69, 9.17) is 4.74 Å². The minimum Gasteiger partial charge on any atom is -0.481 e. The van der Waals surface area contributed by atoms with E-state index in [0.717, 1.165) is 12.3 Å². The van der Waals surface area contributed by atoms with Crippen LogP contribution in [0.5, 0.6) is 5.88 Å². The largest absolute Gasteiger partial charge is 0.481 e. The maximum absolute atomic E-state index is 12.8. The van der Waals surface area contributed by atoms with Gasteiger partial charge in [0, 0.05) is 32.0 Å². The lowest BCUT2D eigenvalue weighted by Gasteiger charge is -2.33. The second kappa shape index (κ2) is 8.51. The third-order valence-corrected chi connectivity index (χ3v) is 4.22. The van der Waals surface area contributed by atoms with Crippen molar-refractivity contribution in [2.24, 2.45) is 5.41 Å². The molecule has 2 rings (SSSR count). The van der Waals surface area contributed by atoms with Gasteiger partial charge in [-0.3, -0.25) is 9.59 Å². The lowest BCUT2D eigenvalue weighted by molar-refractivity contribution is -0.154. The van der Waals surface area contributed by atoms with E-state index in [0.29, 0.717) is 0 Å². The number of ether oxygens (including phenoxy) is 2. The highest BCUT2D eigenvalue weighted by Gasteiger charge is 2.42. The van der Waals surface area contributed by atoms with E-state index in [1.165, 1.54) is 6.07 Å². The molecule has 1 aliphatic rings. The molecule has 1 aliphatic heterocycles. The quantitative estimate of drug-likeness (QED) is 0.655. The Balaban J connectivity index is 1.92. The van der Waals surface area contributed by atoms with Crippen LogP contribution in [-0.2, 0) is 9.53 Å². The van der Waals surface area contributed by atoms with Crippen molar-refractivity contribution in [1.82, 2.24) is 10.3 Å². The first-order valence-electron chi connectivity index (χ1n) is 8.00. The van der Waals surface area contributed by atoms with Crippen LogP contribution in [0.25, 0.3) is 0 Å². The Morgan fingerprint density at radius 2 is 2.00 bits per heavy atom. The summed E-state index contributed by atoms with van der Waals surface area (Å²) in [6.45, 7) is -1.10. The summed E-state index contributed by atoms with van der Waals surface area (Å²) in [6.07, 6.45) is -2.34. The van der Waals surface area contributed by atoms with Crippen LogP contribution in [0.15, 0.2) is 18.3 Å². The zero-order chi connectivity index (χ0) is 20.1. The summed E-state index contributed by atoms with van der Waals surface area (Å²) in [5, 5.41) is 11.9. The summed E-state index contributed by atoms with van der Waals surface area (Å²) in [5.41, 5.74) is -1.08. The number of aromatic nitrogens is 1. The molecule has 1 aromatic rings. The van der Waals surface area contributed by atoms with Gasteiger partial charge in [-0.1, -0.05) is 0 Å². The second-order valence-corrected chi connectivity index (χ2v) is 6.12. The molecule has 0 aromatic carbocycles. The van der Waals surface area contributed by atoms with E-state index in [9.17, 15) is 32.3 Å². The SMILES string of the molecule is O=C(NCC1(C(=O)O)CCOCC1)c1ccc(OCC(F)(F)C(F)F)nc1. The Morgan fingerprint density at radius 3 is 2.52 bits per heavy atom. The number of nitrogens with one attached hydrogen (secondary N) is 1. The molecule has 150 valence electrons. The normalized spacial score (nSPS) is 16.8. The molecule has 0 bridgehead atoms. The van der Waals surface area contributed by atoms with Gasteiger partial charge in [0.25, 0.3) is 5.91 Å². The van der Waals surface area contributed by atoms with Gasteiger partial charge in [0.2, 0.25) is 5.88 Å². The minimum absolute atomic E-state index is 0.0376. The molecule has 1 aromatic heterocycles. The van der Waals surface area contributed by atoms with Gasteiger partial charge in [0.05, 0.1) is 11.0 Å². The average Bonchev–Trinajstić information content (AvgIpc) is 2.65. The number of alkyl halides is 4. The number of carbonyl (C=O) groups excluding carboxylic acids is 1. The molecule has 11 heteroatoms. The molecule has 0 aliphatic carbocycles. The average molecular weight is 394 g/mol. The van der Waals surface area contributed by atoms with E-state index < -0.39 is 36.2 Å². The Labute approximate surface area is 151 Å². The molecule has 0 saturated carbocycles. The van der Waals surface area contributed by atoms with Gasteiger partial charge in [-0.15, -0.1) is 0 Å². The predicted octanol–water partition coefficient (Wildman–Crippen LogP) is 1.97. The van der Waals surface area contributed by atoms with E-state index in [1.54, 1.807) is 0 Å². The molecule has 2 N–H and O–H groups in total. The number of pyridine rings is 1. The smallest absolute Gasteiger partial charge is 0.340 e. The zero-order valence-electron chi connectivity index (χ0n) is 14.1. The number of rotatable bonds is 8. The number of carboxylic acid groups (broad SMARTS) is 1. The number of hydrogen-bond donors (Lipinski definition) is 2. The molecular formula is C16H18F4N2O5. The van der Waals surface area contributed by atoms with Crippen molar-refractivity contribution in [2.75, 3.05) is 26.4 Å². The van der Waals surface area contributed by atoms with Crippen LogP contribution in [0.1, 0.15) is 23.2 Å². The van der Waals surface area contributed by atoms with Gasteiger partial charge >= 0.3 is 18.3 Å². The molecule has 1 fully saturated rings. The fraction of sp³-hybridized carbons (Fsp3) is 0.562. The van der Waals surface area contributed by atoms with Crippen molar-refractivity contribution in [1.29, 1.82) is 0 Å². The van der Waals surface area contributed by atoms with Gasteiger partial charge in [-0.25, -0.2) is 13.8 Å². The van der Waals surface area contributed by atoms with Crippen LogP contribution in [0.3, 0.4) is 0 Å². The lowest BCUT2D eigenvalue weighted by Crippen LogP contribution is -2.46. The second-order valence-electron chi connectivity index (χ2n) is 6.12. The van der Waals surface area contributed by atoms with Gasteiger partial charge in [-0.05, 0) is 18.9 Å². The number of nitrogens with zero attached hydrogens (tertiary/aromatic N) is 1. The van der Waals surface area contributed by atoms with Crippen molar-refractivity contribution in [3.63, 3.8) is 0 Å². The van der Waals surface area contributed by atoms with Crippen LogP contribution < -0.4 is 10.1 Å². The molecule has 1 saturated heterocycles. The van der Waals surface area contributed by atoms with Gasteiger partial charge in [0.1, 0.15) is 0 Å². The van der Waals surface area contributed by atoms with Crippen molar-refractivity contribution in [3.8, 4) is 5.88 Å². The van der Waals surface area contributed by atoms with E-state index in [2.05, 4.69) is 15.0 Å². The lowest BCUT2D eigenvalue weighted by atomic mass is 9.80. The zero-order valence-corrected chi connectivity index (χ0v) is 14.1. The summed E-state index contributed by atoms with van der Waals surface area (Å²) in [5.74, 6) is -6.31. The van der Waals surface area contributed by atoms with Gasteiger partial charge < -0.3 is 19.9 Å². The Kier molecular flexibility index (Phi) is 6.58. The molecule has 0 atom stereocenters. The number of hydrogen-bond acceptors (Lipinski definition) is 5. The predicted molar refractivity (Wildman–Crippen MR) is 83.1 cm³/mol. The topological polar surface area (TPSA) is 97.8 Å². The molecule has 7 nitrogen and oxygen atoms in total. The van der Waals surface area contributed by atoms with Crippen LogP contribution in [0, 0.1) is 5.41 Å². The molecule has 0 spiro atoms. The fourth-order valence-corrected chi connectivity index (χ4v) is 2.41. The Hall–Kier alpha value is -2.43. The van der Waals surface area contributed by atoms with Crippen molar-refractivity contribution in [2.45, 2.75) is 25.2 Å². The summed E-state index contributed by atoms with van der Waals surface area (Å²) >= 11 is 0. The molecule has 2 heterocycles. The Morgan fingerprint density at radius 1 is 1.33 bits per heavy atom. The monoisotopic (exact) mass is 394 g/mol. The van der Waals surface area contributed by atoms with E-state index in [1.807, 2.05) is 0 Å². The van der Waals surface area contributed by atoms with Gasteiger partial charge in [-0.2, -0.15) is 8.78 Å². The maximum atomic E-state index is 12.8. The van der Waals surface area contributed by atoms with Crippen LogP contribution in [0.4, 0.5) is 17.6 Å². The van der Waals surface area contributed by atoms with Crippen LogP contribution in [-0.4, -0.2) is 60.7 Å². The highest BCUT2D eigenvalue weighted by Crippen LogP contribution is 2.30. The fourth-order valence-electron chi connectivity index (χ4n) is 2.41. The maximum Gasteiger partial charge on any atom is 0.340 e. The van der Waals surface area contributed by atoms with E-state index >= 15 is 0 Å². The number of halogens is 4. The molecule has 0 radical (unpaired) electrons. The standard InChI is InChI=1S/C16H18F4N2O5/c17-13(18)16(19,20)9-27-11-2-1-10(7-21-11)12(23)22-8-15(14(24)25)3-5-26-6-4-15/h1-2,7,13H,3-6,8-9H2,(H,22,23)(H,24,25). The van der Waals surface area contributed by atoms with Crippen LogP contribution >= 0.6 is 0 Å². The number of carbonyl (C=O) groups is 2. The number of aliphatic carboxylic acids is 1. The Bertz CT molecular complexity index is 663. The van der Waals surface area contributed by atoms with Crippen LogP contribution in [0.2, 0.25) is 0 Å². The first-order valence-corrected chi connectivity index (χ1v) is 8.00. The first kappa shape index (κ1) is 20.9. The third-order valence-electron chi connectivity index (χ3n) is 4.22. The first-order chi connectivity index (χ1) is 12.7. The van der Waals surface area contributed by atoms with Crippen molar-refractivity contribution >= 4 is 11.9 Å². The highest BCUT2D eigenvalue weighted by atomic mass is 19.3. The number of carboxylic acids is 1. The summed E-state index contributed by atoms with van der Waals surface area (Å²) in [6, 6.07) is 2.29. The van der Waals surface area contributed by atoms with Crippen molar-refractivity contribution in [3.05, 3.63) is 23.9 Å². The van der Waals surface area contributed by atoms with Crippen molar-refractivity contribution < 1.29 is 41.7 Å². The summed E-state index contributed by atoms with van der Waals surface area (Å²) < 4.78 is 59.4. The third kappa shape index (κ3) is 5.28. The van der Waals surface area contributed by atoms with Gasteiger partial charge in [0.15, 0.2) is 6.61 Å². The number of amides is 1. The highest BCUT2D eigenvalue weighted by molar-refractivity contribution is 5.94. The molecule has 1 amide bonds. The van der Waals surface area contributed by atoms with E-state index in [-0.39, 0.29) is 44.0 Å².